The Kier molecular flexibility index (Phi) is 4.15. The van der Waals surface area contributed by atoms with E-state index in [9.17, 15) is 0 Å². The van der Waals surface area contributed by atoms with Crippen molar-refractivity contribution in [3.63, 3.8) is 0 Å². The first kappa shape index (κ1) is 12.1. The summed E-state index contributed by atoms with van der Waals surface area (Å²) in [6.07, 6.45) is 6.78. The van der Waals surface area contributed by atoms with Crippen LogP contribution in [0.4, 0.5) is 0 Å². The highest BCUT2D eigenvalue weighted by atomic mass is 16.3. The Hall–Kier alpha value is -1.02. The first-order valence-electron chi connectivity index (χ1n) is 5.43. The molecule has 1 heterocycles. The zero-order chi connectivity index (χ0) is 11.3. The summed E-state index contributed by atoms with van der Waals surface area (Å²) in [5.74, 6) is 0. The van der Waals surface area contributed by atoms with Gasteiger partial charge >= 0.3 is 0 Å². The lowest BCUT2D eigenvalue weighted by Crippen LogP contribution is -2.36. The van der Waals surface area contributed by atoms with Gasteiger partial charge in [-0.15, -0.1) is 0 Å². The lowest BCUT2D eigenvalue weighted by Gasteiger charge is -2.19. The third-order valence-corrected chi connectivity index (χ3v) is 2.23. The summed E-state index contributed by atoms with van der Waals surface area (Å²) in [7, 11) is 0. The standard InChI is InChI=1S/C13H21NO/c1-11(12-7-9-15-10-12)6-5-8-14-13(2,3)4/h6-7,9-10,14H,5,8H2,1-4H3. The van der Waals surface area contributed by atoms with Crippen molar-refractivity contribution in [1.29, 1.82) is 0 Å². The van der Waals surface area contributed by atoms with Crippen molar-refractivity contribution in [3.8, 4) is 0 Å². The summed E-state index contributed by atoms with van der Waals surface area (Å²) in [6, 6.07) is 1.99. The third kappa shape index (κ3) is 4.84. The van der Waals surface area contributed by atoms with Gasteiger partial charge in [0.05, 0.1) is 12.5 Å². The van der Waals surface area contributed by atoms with Crippen molar-refractivity contribution < 1.29 is 4.42 Å². The molecular formula is C13H21NO. The van der Waals surface area contributed by atoms with Crippen LogP contribution in [0.3, 0.4) is 0 Å². The second-order valence-corrected chi connectivity index (χ2v) is 4.86. The van der Waals surface area contributed by atoms with Crippen LogP contribution in [0.5, 0.6) is 0 Å². The summed E-state index contributed by atoms with van der Waals surface area (Å²) < 4.78 is 5.04. The molecule has 1 N–H and O–H groups in total. The van der Waals surface area contributed by atoms with Crippen LogP contribution in [0.1, 0.15) is 39.7 Å². The summed E-state index contributed by atoms with van der Waals surface area (Å²) in [5, 5.41) is 3.45. The van der Waals surface area contributed by atoms with Crippen molar-refractivity contribution in [2.24, 2.45) is 0 Å². The molecule has 0 aliphatic carbocycles. The van der Waals surface area contributed by atoms with E-state index in [2.05, 4.69) is 39.1 Å². The molecule has 1 rings (SSSR count). The van der Waals surface area contributed by atoms with Crippen LogP contribution in [0.2, 0.25) is 0 Å². The Balaban J connectivity index is 2.33. The average molecular weight is 207 g/mol. The molecule has 0 aliphatic rings. The minimum atomic E-state index is 0.206. The SMILES string of the molecule is CC(=CCCNC(C)(C)C)c1ccoc1. The molecule has 2 heteroatoms. The van der Waals surface area contributed by atoms with Gasteiger partial charge in [-0.25, -0.2) is 0 Å². The molecule has 0 saturated heterocycles. The molecule has 0 bridgehead atoms. The first-order valence-corrected chi connectivity index (χ1v) is 5.43. The second kappa shape index (κ2) is 5.17. The second-order valence-electron chi connectivity index (χ2n) is 4.86. The highest BCUT2D eigenvalue weighted by Gasteiger charge is 2.06. The Labute approximate surface area is 92.4 Å². The monoisotopic (exact) mass is 207 g/mol. The Bertz CT molecular complexity index is 304. The van der Waals surface area contributed by atoms with Gasteiger partial charge < -0.3 is 9.73 Å². The first-order chi connectivity index (χ1) is 6.99. The number of furan rings is 1. The van der Waals surface area contributed by atoms with E-state index in [4.69, 9.17) is 4.42 Å². The van der Waals surface area contributed by atoms with Crippen molar-refractivity contribution >= 4 is 5.57 Å². The van der Waals surface area contributed by atoms with Gasteiger partial charge in [-0.2, -0.15) is 0 Å². The summed E-state index contributed by atoms with van der Waals surface area (Å²) in [4.78, 5) is 0. The molecule has 1 aromatic rings. The maximum atomic E-state index is 5.04. The molecule has 0 fully saturated rings. The summed E-state index contributed by atoms with van der Waals surface area (Å²) >= 11 is 0. The molecule has 0 spiro atoms. The minimum Gasteiger partial charge on any atom is -0.472 e. The van der Waals surface area contributed by atoms with Crippen LogP contribution in [-0.4, -0.2) is 12.1 Å². The molecular weight excluding hydrogens is 186 g/mol. The van der Waals surface area contributed by atoms with Crippen molar-refractivity contribution in [2.75, 3.05) is 6.54 Å². The Morgan fingerprint density at radius 3 is 2.73 bits per heavy atom. The van der Waals surface area contributed by atoms with Gasteiger partial charge in [-0.3, -0.25) is 0 Å². The molecule has 2 nitrogen and oxygen atoms in total. The van der Waals surface area contributed by atoms with Crippen molar-refractivity contribution in [3.05, 3.63) is 30.2 Å². The third-order valence-electron chi connectivity index (χ3n) is 2.23. The lowest BCUT2D eigenvalue weighted by atomic mass is 10.1. The van der Waals surface area contributed by atoms with Crippen LogP contribution in [0, 0.1) is 0 Å². The molecule has 0 aliphatic heterocycles. The number of hydrogen-bond donors (Lipinski definition) is 1. The van der Waals surface area contributed by atoms with Gasteiger partial charge in [0, 0.05) is 11.1 Å². The van der Waals surface area contributed by atoms with Crippen LogP contribution in [-0.2, 0) is 0 Å². The van der Waals surface area contributed by atoms with Crippen LogP contribution >= 0.6 is 0 Å². The molecule has 0 radical (unpaired) electrons. The molecule has 1 aromatic heterocycles. The number of rotatable bonds is 4. The van der Waals surface area contributed by atoms with Gasteiger partial charge in [0.15, 0.2) is 0 Å². The summed E-state index contributed by atoms with van der Waals surface area (Å²) in [5.41, 5.74) is 2.66. The van der Waals surface area contributed by atoms with E-state index in [0.29, 0.717) is 0 Å². The number of nitrogens with one attached hydrogen (secondary N) is 1. The van der Waals surface area contributed by atoms with Crippen LogP contribution in [0.15, 0.2) is 29.1 Å². The fraction of sp³-hybridized carbons (Fsp3) is 0.538. The quantitative estimate of drug-likeness (QED) is 0.765. The Morgan fingerprint density at radius 2 is 2.20 bits per heavy atom. The van der Waals surface area contributed by atoms with Gasteiger partial charge in [-0.1, -0.05) is 6.08 Å². The van der Waals surface area contributed by atoms with E-state index in [1.165, 1.54) is 11.1 Å². The number of hydrogen-bond acceptors (Lipinski definition) is 2. The van der Waals surface area contributed by atoms with Gasteiger partial charge in [-0.05, 0) is 52.3 Å². The Morgan fingerprint density at radius 1 is 1.47 bits per heavy atom. The smallest absolute Gasteiger partial charge is 0.0977 e. The molecule has 0 atom stereocenters. The van der Waals surface area contributed by atoms with E-state index >= 15 is 0 Å². The molecule has 0 amide bonds. The zero-order valence-electron chi connectivity index (χ0n) is 10.1. The van der Waals surface area contributed by atoms with Crippen molar-refractivity contribution in [2.45, 2.75) is 39.7 Å². The molecule has 84 valence electrons. The topological polar surface area (TPSA) is 25.2 Å². The fourth-order valence-electron chi connectivity index (χ4n) is 1.34. The lowest BCUT2D eigenvalue weighted by molar-refractivity contribution is 0.431. The predicted molar refractivity (Wildman–Crippen MR) is 64.7 cm³/mol. The molecule has 15 heavy (non-hydrogen) atoms. The highest BCUT2D eigenvalue weighted by Crippen LogP contribution is 2.14. The van der Waals surface area contributed by atoms with E-state index in [1.54, 1.807) is 12.5 Å². The van der Waals surface area contributed by atoms with Crippen molar-refractivity contribution in [1.82, 2.24) is 5.32 Å². The normalized spacial score (nSPS) is 13.2. The van der Waals surface area contributed by atoms with Crippen LogP contribution < -0.4 is 5.32 Å². The average Bonchev–Trinajstić information content (AvgIpc) is 2.63. The maximum Gasteiger partial charge on any atom is 0.0977 e. The highest BCUT2D eigenvalue weighted by molar-refractivity contribution is 5.62. The van der Waals surface area contributed by atoms with E-state index in [1.807, 2.05) is 6.07 Å². The van der Waals surface area contributed by atoms with Gasteiger partial charge in [0.1, 0.15) is 0 Å². The fourth-order valence-corrected chi connectivity index (χ4v) is 1.34. The van der Waals surface area contributed by atoms with Gasteiger partial charge in [0.2, 0.25) is 0 Å². The molecule has 0 unspecified atom stereocenters. The van der Waals surface area contributed by atoms with Crippen LogP contribution in [0.25, 0.3) is 5.57 Å². The minimum absolute atomic E-state index is 0.206. The molecule has 0 aromatic carbocycles. The zero-order valence-corrected chi connectivity index (χ0v) is 10.1. The number of allylic oxidation sites excluding steroid dienone is 1. The predicted octanol–water partition coefficient (Wildman–Crippen LogP) is 3.46. The largest absolute Gasteiger partial charge is 0.472 e. The molecule has 0 saturated carbocycles. The van der Waals surface area contributed by atoms with E-state index in [-0.39, 0.29) is 5.54 Å². The van der Waals surface area contributed by atoms with E-state index in [0.717, 1.165) is 13.0 Å². The van der Waals surface area contributed by atoms with E-state index < -0.39 is 0 Å². The summed E-state index contributed by atoms with van der Waals surface area (Å²) in [6.45, 7) is 9.67. The van der Waals surface area contributed by atoms with Gasteiger partial charge in [0.25, 0.3) is 0 Å². The maximum absolute atomic E-state index is 5.04.